The molecule has 1 unspecified atom stereocenters. The first-order valence-corrected chi connectivity index (χ1v) is 7.32. The van der Waals surface area contributed by atoms with E-state index in [9.17, 15) is 9.50 Å². The Morgan fingerprint density at radius 3 is 2.61 bits per heavy atom. The largest absolute Gasteiger partial charge is 0.388 e. The third-order valence-corrected chi connectivity index (χ3v) is 4.74. The topological polar surface area (TPSA) is 20.2 Å². The van der Waals surface area contributed by atoms with Crippen LogP contribution in [0.4, 0.5) is 4.39 Å². The molecule has 0 aliphatic carbocycles. The fourth-order valence-corrected chi connectivity index (χ4v) is 3.33. The number of rotatable bonds is 5. The van der Waals surface area contributed by atoms with Crippen LogP contribution in [0.25, 0.3) is 10.1 Å². The highest BCUT2D eigenvalue weighted by atomic mass is 32.1. The monoisotopic (exact) mass is 266 g/mol. The van der Waals surface area contributed by atoms with Gasteiger partial charge in [-0.1, -0.05) is 32.8 Å². The van der Waals surface area contributed by atoms with Gasteiger partial charge in [0.2, 0.25) is 0 Å². The van der Waals surface area contributed by atoms with Gasteiger partial charge < -0.3 is 5.11 Å². The maximum absolute atomic E-state index is 13.1. The summed E-state index contributed by atoms with van der Waals surface area (Å²) in [5.41, 5.74) is 0. The third kappa shape index (κ3) is 2.90. The van der Waals surface area contributed by atoms with E-state index in [4.69, 9.17) is 0 Å². The van der Waals surface area contributed by atoms with E-state index in [0.29, 0.717) is 5.92 Å². The van der Waals surface area contributed by atoms with Crippen LogP contribution in [0.5, 0.6) is 0 Å². The fourth-order valence-electron chi connectivity index (χ4n) is 2.24. The number of fused-ring (bicyclic) bond motifs is 1. The van der Waals surface area contributed by atoms with Crippen LogP contribution in [0.15, 0.2) is 24.3 Å². The molecule has 0 spiro atoms. The number of aliphatic hydroxyl groups is 1. The van der Waals surface area contributed by atoms with E-state index in [0.717, 1.165) is 34.2 Å². The molecule has 0 saturated heterocycles. The Kier molecular flexibility index (Phi) is 4.36. The summed E-state index contributed by atoms with van der Waals surface area (Å²) in [6, 6.07) is 6.75. The molecule has 1 aromatic carbocycles. The summed E-state index contributed by atoms with van der Waals surface area (Å²) in [6.45, 7) is 4.31. The minimum Gasteiger partial charge on any atom is -0.388 e. The van der Waals surface area contributed by atoms with E-state index in [1.54, 1.807) is 6.07 Å². The van der Waals surface area contributed by atoms with E-state index in [2.05, 4.69) is 13.8 Å². The van der Waals surface area contributed by atoms with Crippen molar-refractivity contribution in [3.8, 4) is 0 Å². The standard InChI is InChI=1S/C15H19FOS/c1-3-10(4-2)7-13(17)15-8-11-5-6-12(16)9-14(11)18-15/h5-6,8-10,13,17H,3-4,7H2,1-2H3. The normalized spacial score (nSPS) is 13.4. The Morgan fingerprint density at radius 1 is 1.22 bits per heavy atom. The molecule has 98 valence electrons. The van der Waals surface area contributed by atoms with Crippen molar-refractivity contribution in [2.24, 2.45) is 5.92 Å². The average Bonchev–Trinajstić information content (AvgIpc) is 2.78. The molecular weight excluding hydrogens is 247 g/mol. The van der Waals surface area contributed by atoms with Gasteiger partial charge in [-0.3, -0.25) is 0 Å². The zero-order chi connectivity index (χ0) is 13.1. The maximum atomic E-state index is 13.1. The summed E-state index contributed by atoms with van der Waals surface area (Å²) in [6.07, 6.45) is 2.55. The van der Waals surface area contributed by atoms with Crippen molar-refractivity contribution in [2.45, 2.75) is 39.2 Å². The second-order valence-corrected chi connectivity index (χ2v) is 5.88. The molecule has 1 heterocycles. The molecule has 0 radical (unpaired) electrons. The molecule has 2 aromatic rings. The Morgan fingerprint density at radius 2 is 1.94 bits per heavy atom. The highest BCUT2D eigenvalue weighted by Gasteiger charge is 2.16. The van der Waals surface area contributed by atoms with E-state index in [-0.39, 0.29) is 5.82 Å². The van der Waals surface area contributed by atoms with Crippen LogP contribution in [0.2, 0.25) is 0 Å². The highest BCUT2D eigenvalue weighted by molar-refractivity contribution is 7.19. The molecule has 0 aliphatic heterocycles. The van der Waals surface area contributed by atoms with Crippen molar-refractivity contribution in [3.05, 3.63) is 35.0 Å². The van der Waals surface area contributed by atoms with Crippen molar-refractivity contribution in [1.82, 2.24) is 0 Å². The lowest BCUT2D eigenvalue weighted by Gasteiger charge is -2.15. The first-order valence-electron chi connectivity index (χ1n) is 6.51. The predicted octanol–water partition coefficient (Wildman–Crippen LogP) is 4.90. The lowest BCUT2D eigenvalue weighted by atomic mass is 9.95. The molecule has 0 bridgehead atoms. The van der Waals surface area contributed by atoms with Crippen LogP contribution in [0.3, 0.4) is 0 Å². The molecule has 0 aliphatic rings. The van der Waals surface area contributed by atoms with Crippen molar-refractivity contribution in [2.75, 3.05) is 0 Å². The van der Waals surface area contributed by atoms with Gasteiger partial charge in [0.05, 0.1) is 6.10 Å². The first kappa shape index (κ1) is 13.5. The van der Waals surface area contributed by atoms with Gasteiger partial charge in [-0.05, 0) is 35.9 Å². The minimum atomic E-state index is -0.421. The lowest BCUT2D eigenvalue weighted by molar-refractivity contribution is 0.144. The van der Waals surface area contributed by atoms with Gasteiger partial charge in [0.15, 0.2) is 0 Å². The highest BCUT2D eigenvalue weighted by Crippen LogP contribution is 2.34. The van der Waals surface area contributed by atoms with Crippen LogP contribution in [-0.4, -0.2) is 5.11 Å². The van der Waals surface area contributed by atoms with E-state index < -0.39 is 6.10 Å². The molecule has 1 nitrogen and oxygen atoms in total. The van der Waals surface area contributed by atoms with Crippen molar-refractivity contribution >= 4 is 21.4 Å². The Labute approximate surface area is 111 Å². The van der Waals surface area contributed by atoms with E-state index in [1.165, 1.54) is 23.5 Å². The molecule has 18 heavy (non-hydrogen) atoms. The average molecular weight is 266 g/mol. The summed E-state index contributed by atoms with van der Waals surface area (Å²) >= 11 is 1.49. The third-order valence-electron chi connectivity index (χ3n) is 3.54. The summed E-state index contributed by atoms with van der Waals surface area (Å²) in [4.78, 5) is 0.947. The van der Waals surface area contributed by atoms with Gasteiger partial charge in [0.25, 0.3) is 0 Å². The fraction of sp³-hybridized carbons (Fsp3) is 0.467. The number of hydrogen-bond acceptors (Lipinski definition) is 2. The van der Waals surface area contributed by atoms with E-state index in [1.807, 2.05) is 6.07 Å². The zero-order valence-corrected chi connectivity index (χ0v) is 11.6. The summed E-state index contributed by atoms with van der Waals surface area (Å²) < 4.78 is 14.0. The van der Waals surface area contributed by atoms with Crippen molar-refractivity contribution < 1.29 is 9.50 Å². The molecular formula is C15H19FOS. The van der Waals surface area contributed by atoms with Crippen LogP contribution >= 0.6 is 11.3 Å². The van der Waals surface area contributed by atoms with Gasteiger partial charge in [-0.2, -0.15) is 0 Å². The maximum Gasteiger partial charge on any atom is 0.124 e. The SMILES string of the molecule is CCC(CC)CC(O)c1cc2ccc(F)cc2s1. The van der Waals surface area contributed by atoms with Gasteiger partial charge >= 0.3 is 0 Å². The smallest absolute Gasteiger partial charge is 0.124 e. The van der Waals surface area contributed by atoms with Crippen LogP contribution in [0.1, 0.15) is 44.1 Å². The molecule has 2 rings (SSSR count). The molecule has 3 heteroatoms. The zero-order valence-electron chi connectivity index (χ0n) is 10.8. The minimum absolute atomic E-state index is 0.217. The number of thiophene rings is 1. The van der Waals surface area contributed by atoms with Gasteiger partial charge in [-0.25, -0.2) is 4.39 Å². The Bertz CT molecular complexity index is 516. The van der Waals surface area contributed by atoms with Gasteiger partial charge in [0.1, 0.15) is 5.82 Å². The Balaban J connectivity index is 2.20. The summed E-state index contributed by atoms with van der Waals surface area (Å²) in [5, 5.41) is 11.3. The number of benzene rings is 1. The Hall–Kier alpha value is -0.930. The second kappa shape index (κ2) is 5.81. The van der Waals surface area contributed by atoms with Crippen LogP contribution in [-0.2, 0) is 0 Å². The number of aliphatic hydroxyl groups excluding tert-OH is 1. The van der Waals surface area contributed by atoms with Crippen LogP contribution in [0, 0.1) is 11.7 Å². The molecule has 1 aromatic heterocycles. The first-order chi connectivity index (χ1) is 8.63. The summed E-state index contributed by atoms with van der Waals surface area (Å²) in [7, 11) is 0. The molecule has 0 amide bonds. The van der Waals surface area contributed by atoms with E-state index >= 15 is 0 Å². The van der Waals surface area contributed by atoms with Crippen LogP contribution < -0.4 is 0 Å². The number of hydrogen-bond donors (Lipinski definition) is 1. The van der Waals surface area contributed by atoms with Crippen molar-refractivity contribution in [1.29, 1.82) is 0 Å². The summed E-state index contributed by atoms with van der Waals surface area (Å²) in [5.74, 6) is 0.340. The number of halogens is 1. The van der Waals surface area contributed by atoms with Gasteiger partial charge in [0, 0.05) is 9.58 Å². The second-order valence-electron chi connectivity index (χ2n) is 4.76. The molecule has 0 fully saturated rings. The molecule has 0 saturated carbocycles. The molecule has 1 N–H and O–H groups in total. The molecule has 1 atom stereocenters. The van der Waals surface area contributed by atoms with Gasteiger partial charge in [-0.15, -0.1) is 11.3 Å². The van der Waals surface area contributed by atoms with Crippen molar-refractivity contribution in [3.63, 3.8) is 0 Å². The predicted molar refractivity (Wildman–Crippen MR) is 75.4 cm³/mol. The lowest BCUT2D eigenvalue weighted by Crippen LogP contribution is -2.04. The quantitative estimate of drug-likeness (QED) is 0.816.